The van der Waals surface area contributed by atoms with Crippen molar-refractivity contribution in [3.8, 4) is 0 Å². The Kier molecular flexibility index (Phi) is 6.27. The highest BCUT2D eigenvalue weighted by atomic mass is 79.9. The van der Waals surface area contributed by atoms with E-state index in [4.69, 9.17) is 4.74 Å². The molecule has 1 heterocycles. The number of halogens is 2. The van der Waals surface area contributed by atoms with Crippen LogP contribution >= 0.6 is 31.9 Å². The molecule has 1 saturated heterocycles. The summed E-state index contributed by atoms with van der Waals surface area (Å²) in [6.07, 6.45) is 0.739. The quantitative estimate of drug-likeness (QED) is 0.331. The van der Waals surface area contributed by atoms with E-state index in [-0.39, 0.29) is 58.1 Å². The summed E-state index contributed by atoms with van der Waals surface area (Å²) >= 11 is 7.30. The summed E-state index contributed by atoms with van der Waals surface area (Å²) < 4.78 is 5.03. The van der Waals surface area contributed by atoms with Gasteiger partial charge in [-0.05, 0) is 55.4 Å². The van der Waals surface area contributed by atoms with Gasteiger partial charge in [-0.15, -0.1) is 0 Å². The van der Waals surface area contributed by atoms with E-state index in [2.05, 4.69) is 37.2 Å². The molecule has 6 atom stereocenters. The van der Waals surface area contributed by atoms with Gasteiger partial charge in [-0.1, -0.05) is 37.9 Å². The Morgan fingerprint density at radius 1 is 1.06 bits per heavy atom. The highest BCUT2D eigenvalue weighted by molar-refractivity contribution is 9.12. The number of rotatable bonds is 6. The third kappa shape index (κ3) is 4.06. The number of fused-ring (bicyclic) bond motifs is 5. The Bertz CT molecular complexity index is 920. The molecule has 0 unspecified atom stereocenters. The Morgan fingerprint density at radius 2 is 1.68 bits per heavy atom. The summed E-state index contributed by atoms with van der Waals surface area (Å²) in [5.41, 5.74) is 2.80. The van der Waals surface area contributed by atoms with Gasteiger partial charge in [-0.3, -0.25) is 24.1 Å². The van der Waals surface area contributed by atoms with Gasteiger partial charge >= 0.3 is 5.97 Å². The van der Waals surface area contributed by atoms with Gasteiger partial charge in [0, 0.05) is 21.9 Å². The number of imide groups is 1. The van der Waals surface area contributed by atoms with E-state index in [9.17, 15) is 19.2 Å². The average Bonchev–Trinajstić information content (AvgIpc) is 3.33. The van der Waals surface area contributed by atoms with Crippen molar-refractivity contribution < 1.29 is 23.9 Å². The van der Waals surface area contributed by atoms with Crippen LogP contribution in [0.1, 0.15) is 24.0 Å². The second kappa shape index (κ2) is 8.65. The molecule has 7 nitrogen and oxygen atoms in total. The van der Waals surface area contributed by atoms with Crippen LogP contribution in [0, 0.1) is 37.5 Å². The number of alkyl halides is 2. The van der Waals surface area contributed by atoms with Crippen molar-refractivity contribution in [3.63, 3.8) is 0 Å². The molecule has 166 valence electrons. The SMILES string of the molecule is Cc1ccc(NC(=O)COC(=O)CCN2C(=O)[C@@H]3[C@H]4C[C@@H]([C@H](Br)[C@H]4Br)[C@@H]3C2=O)cc1C. The molecule has 3 aliphatic rings. The van der Waals surface area contributed by atoms with Gasteiger partial charge in [-0.25, -0.2) is 0 Å². The Balaban J connectivity index is 1.26. The van der Waals surface area contributed by atoms with Crippen LogP contribution < -0.4 is 5.32 Å². The molecule has 4 rings (SSSR count). The first-order valence-corrected chi connectivity index (χ1v) is 12.2. The van der Waals surface area contributed by atoms with E-state index in [1.54, 1.807) is 6.07 Å². The molecule has 0 aromatic heterocycles. The van der Waals surface area contributed by atoms with E-state index < -0.39 is 18.5 Å². The van der Waals surface area contributed by atoms with Crippen molar-refractivity contribution >= 4 is 61.2 Å². The van der Waals surface area contributed by atoms with Crippen molar-refractivity contribution in [3.05, 3.63) is 29.3 Å². The Hall–Kier alpha value is -1.74. The molecular weight excluding hydrogens is 532 g/mol. The van der Waals surface area contributed by atoms with Crippen molar-refractivity contribution in [2.45, 2.75) is 36.3 Å². The number of carbonyl (C=O) groups excluding carboxylic acids is 4. The first kappa shape index (κ1) is 22.5. The van der Waals surface area contributed by atoms with Crippen LogP contribution in [0.25, 0.3) is 0 Å². The Labute approximate surface area is 197 Å². The highest BCUT2D eigenvalue weighted by Crippen LogP contribution is 2.60. The molecule has 0 radical (unpaired) electrons. The zero-order valence-electron chi connectivity index (χ0n) is 17.3. The number of anilines is 1. The molecule has 31 heavy (non-hydrogen) atoms. The Morgan fingerprint density at radius 3 is 2.26 bits per heavy atom. The maximum Gasteiger partial charge on any atom is 0.308 e. The number of carbonyl (C=O) groups is 4. The summed E-state index contributed by atoms with van der Waals surface area (Å²) in [4.78, 5) is 51.3. The molecule has 2 saturated carbocycles. The zero-order valence-corrected chi connectivity index (χ0v) is 20.4. The molecule has 9 heteroatoms. The molecule has 0 spiro atoms. The number of amides is 3. The lowest BCUT2D eigenvalue weighted by Crippen LogP contribution is -2.37. The number of benzene rings is 1. The fourth-order valence-corrected chi connectivity index (χ4v) is 6.94. The van der Waals surface area contributed by atoms with Crippen molar-refractivity contribution in [2.75, 3.05) is 18.5 Å². The number of esters is 1. The van der Waals surface area contributed by atoms with Crippen LogP contribution in [0.15, 0.2) is 18.2 Å². The number of hydrogen-bond acceptors (Lipinski definition) is 5. The lowest BCUT2D eigenvalue weighted by atomic mass is 9.81. The molecule has 3 amide bonds. The minimum absolute atomic E-state index is 0.0123. The third-order valence-corrected chi connectivity index (χ3v) is 9.98. The maximum absolute atomic E-state index is 12.8. The number of ether oxygens (including phenoxy) is 1. The molecule has 2 bridgehead atoms. The summed E-state index contributed by atoms with van der Waals surface area (Å²) in [5.74, 6) is -1.75. The predicted molar refractivity (Wildman–Crippen MR) is 121 cm³/mol. The largest absolute Gasteiger partial charge is 0.456 e. The van der Waals surface area contributed by atoms with Gasteiger partial charge in [0.05, 0.1) is 18.3 Å². The lowest BCUT2D eigenvalue weighted by molar-refractivity contribution is -0.149. The van der Waals surface area contributed by atoms with E-state index in [1.807, 2.05) is 26.0 Å². The normalized spacial score (nSPS) is 31.2. The second-order valence-electron chi connectivity index (χ2n) is 8.59. The van der Waals surface area contributed by atoms with E-state index >= 15 is 0 Å². The summed E-state index contributed by atoms with van der Waals surface area (Å²) in [6, 6.07) is 5.53. The molecule has 3 fully saturated rings. The van der Waals surface area contributed by atoms with Crippen LogP contribution in [0.3, 0.4) is 0 Å². The molecule has 2 aliphatic carbocycles. The molecular formula is C22H24Br2N2O5. The molecule has 1 aliphatic heterocycles. The number of likely N-dealkylation sites (tertiary alicyclic amines) is 1. The van der Waals surface area contributed by atoms with Gasteiger partial charge < -0.3 is 10.1 Å². The first-order chi connectivity index (χ1) is 14.7. The summed E-state index contributed by atoms with van der Waals surface area (Å²) in [7, 11) is 0. The predicted octanol–water partition coefficient (Wildman–Crippen LogP) is 2.95. The van der Waals surface area contributed by atoms with Crippen molar-refractivity contribution in [1.29, 1.82) is 0 Å². The van der Waals surface area contributed by atoms with E-state index in [0.717, 1.165) is 17.5 Å². The van der Waals surface area contributed by atoms with Crippen LogP contribution in [0.2, 0.25) is 0 Å². The number of hydrogen-bond donors (Lipinski definition) is 1. The standard InChI is InChI=1S/C22H24Br2N2O5/c1-10-3-4-12(7-11(10)2)25-15(27)9-31-16(28)5-6-26-21(29)17-13-8-14(18(17)22(26)30)20(24)19(13)23/h3-4,7,13-14,17-20H,5-6,8-9H2,1-2H3,(H,25,27)/t13-,14-,17-,18+,19+,20+/m1/s1. The van der Waals surface area contributed by atoms with Crippen molar-refractivity contribution in [2.24, 2.45) is 23.7 Å². The van der Waals surface area contributed by atoms with Gasteiger partial charge in [0.25, 0.3) is 5.91 Å². The second-order valence-corrected chi connectivity index (χ2v) is 10.7. The monoisotopic (exact) mass is 554 g/mol. The molecule has 1 aromatic carbocycles. The minimum atomic E-state index is -0.618. The highest BCUT2D eigenvalue weighted by Gasteiger charge is 2.66. The molecule has 1 N–H and O–H groups in total. The average molecular weight is 556 g/mol. The van der Waals surface area contributed by atoms with Crippen LogP contribution in [0.4, 0.5) is 5.69 Å². The number of nitrogens with one attached hydrogen (secondary N) is 1. The number of aryl methyl sites for hydroxylation is 2. The topological polar surface area (TPSA) is 92.8 Å². The first-order valence-electron chi connectivity index (χ1n) is 10.3. The van der Waals surface area contributed by atoms with Crippen LogP contribution in [-0.2, 0) is 23.9 Å². The lowest BCUT2D eigenvalue weighted by Gasteiger charge is -2.28. The fourth-order valence-electron chi connectivity index (χ4n) is 5.07. The van der Waals surface area contributed by atoms with E-state index in [0.29, 0.717) is 5.69 Å². The summed E-state index contributed by atoms with van der Waals surface area (Å²) in [6.45, 7) is 3.50. The van der Waals surface area contributed by atoms with Crippen LogP contribution in [0.5, 0.6) is 0 Å². The minimum Gasteiger partial charge on any atom is -0.456 e. The van der Waals surface area contributed by atoms with Gasteiger partial charge in [0.15, 0.2) is 6.61 Å². The zero-order chi connectivity index (χ0) is 22.4. The number of nitrogens with zero attached hydrogens (tertiary/aromatic N) is 1. The van der Waals surface area contributed by atoms with Gasteiger partial charge in [-0.2, -0.15) is 0 Å². The van der Waals surface area contributed by atoms with Gasteiger partial charge in [0.1, 0.15) is 0 Å². The fraction of sp³-hybridized carbons (Fsp3) is 0.545. The van der Waals surface area contributed by atoms with Crippen LogP contribution in [-0.4, -0.2) is 51.4 Å². The van der Waals surface area contributed by atoms with Gasteiger partial charge in [0.2, 0.25) is 11.8 Å². The van der Waals surface area contributed by atoms with E-state index in [1.165, 1.54) is 4.90 Å². The maximum atomic E-state index is 12.8. The van der Waals surface area contributed by atoms with Crippen molar-refractivity contribution in [1.82, 2.24) is 4.90 Å². The molecule has 1 aromatic rings. The summed E-state index contributed by atoms with van der Waals surface area (Å²) in [5, 5.41) is 2.68. The smallest absolute Gasteiger partial charge is 0.308 e. The third-order valence-electron chi connectivity index (χ3n) is 6.77.